The van der Waals surface area contributed by atoms with Gasteiger partial charge < -0.3 is 15.3 Å². The van der Waals surface area contributed by atoms with Gasteiger partial charge in [-0.3, -0.25) is 0 Å². The van der Waals surface area contributed by atoms with Gasteiger partial charge in [0.05, 0.1) is 0 Å². The molecular formula is C5H3Br2NO3. The van der Waals surface area contributed by atoms with E-state index in [2.05, 4.69) is 31.9 Å². The van der Waals surface area contributed by atoms with Crippen LogP contribution in [-0.4, -0.2) is 11.1 Å². The number of furan rings is 1. The molecule has 4 nitrogen and oxygen atoms in total. The number of anilines is 1. The maximum absolute atomic E-state index is 10.5. The average Bonchev–Trinajstić information content (AvgIpc) is 2.07. The second-order valence-electron chi connectivity index (χ2n) is 1.74. The van der Waals surface area contributed by atoms with Gasteiger partial charge >= 0.3 is 5.97 Å². The van der Waals surface area contributed by atoms with Gasteiger partial charge in [0, 0.05) is 0 Å². The van der Waals surface area contributed by atoms with Crippen LogP contribution in [0.4, 0.5) is 5.69 Å². The lowest BCUT2D eigenvalue weighted by Gasteiger charge is -1.88. The Labute approximate surface area is 78.6 Å². The number of nitrogen functional groups attached to an aromatic ring is 1. The molecule has 6 heteroatoms. The van der Waals surface area contributed by atoms with E-state index < -0.39 is 5.97 Å². The summed E-state index contributed by atoms with van der Waals surface area (Å²) in [4.78, 5) is 10.5. The maximum atomic E-state index is 10.5. The van der Waals surface area contributed by atoms with Crippen LogP contribution in [0.25, 0.3) is 0 Å². The van der Waals surface area contributed by atoms with Crippen LogP contribution < -0.4 is 5.73 Å². The summed E-state index contributed by atoms with van der Waals surface area (Å²) in [5.41, 5.74) is 5.38. The van der Waals surface area contributed by atoms with E-state index in [1.165, 1.54) is 0 Å². The Morgan fingerprint density at radius 3 is 2.18 bits per heavy atom. The first-order valence-corrected chi connectivity index (χ1v) is 4.09. The molecule has 0 aromatic carbocycles. The minimum absolute atomic E-state index is 0.0584. The van der Waals surface area contributed by atoms with Crippen molar-refractivity contribution in [2.45, 2.75) is 0 Å². The second kappa shape index (κ2) is 2.86. The molecule has 11 heavy (non-hydrogen) atoms. The van der Waals surface area contributed by atoms with Gasteiger partial charge in [0.1, 0.15) is 11.3 Å². The highest BCUT2D eigenvalue weighted by atomic mass is 79.9. The number of nitrogens with two attached hydrogens (primary N) is 1. The van der Waals surface area contributed by atoms with Crippen molar-refractivity contribution in [3.05, 3.63) is 14.9 Å². The Balaban J connectivity index is 3.34. The minimum atomic E-state index is -1.12. The third-order valence-electron chi connectivity index (χ3n) is 1.07. The summed E-state index contributed by atoms with van der Waals surface area (Å²) in [6.45, 7) is 0. The third kappa shape index (κ3) is 1.41. The van der Waals surface area contributed by atoms with Crippen LogP contribution in [0, 0.1) is 0 Å². The molecule has 0 aliphatic heterocycles. The van der Waals surface area contributed by atoms with Crippen LogP contribution in [-0.2, 0) is 0 Å². The van der Waals surface area contributed by atoms with E-state index >= 15 is 0 Å². The molecular weight excluding hydrogens is 282 g/mol. The Morgan fingerprint density at radius 2 is 2.00 bits per heavy atom. The van der Waals surface area contributed by atoms with Gasteiger partial charge in [-0.15, -0.1) is 0 Å². The van der Waals surface area contributed by atoms with Gasteiger partial charge in [-0.1, -0.05) is 0 Å². The normalized spacial score (nSPS) is 10.0. The molecule has 0 saturated heterocycles. The fourth-order valence-electron chi connectivity index (χ4n) is 0.588. The van der Waals surface area contributed by atoms with Crippen LogP contribution in [0.3, 0.4) is 0 Å². The van der Waals surface area contributed by atoms with Gasteiger partial charge in [-0.25, -0.2) is 4.79 Å². The summed E-state index contributed by atoms with van der Waals surface area (Å²) in [5, 5.41) is 8.57. The predicted molar refractivity (Wildman–Crippen MR) is 45.5 cm³/mol. The largest absolute Gasteiger partial charge is 0.477 e. The minimum Gasteiger partial charge on any atom is -0.477 e. The molecule has 0 bridgehead atoms. The van der Waals surface area contributed by atoms with Crippen molar-refractivity contribution in [2.24, 2.45) is 0 Å². The zero-order valence-electron chi connectivity index (χ0n) is 5.10. The standard InChI is InChI=1S/C5H3Br2NO3/c6-3-1(5(9)10)2(8)4(7)11-3/h8H2,(H,9,10). The van der Waals surface area contributed by atoms with Gasteiger partial charge in [0.15, 0.2) is 9.34 Å². The number of carbonyl (C=O) groups is 1. The van der Waals surface area contributed by atoms with Crippen LogP contribution in [0.1, 0.15) is 10.4 Å². The summed E-state index contributed by atoms with van der Waals surface area (Å²) in [6, 6.07) is 0. The molecule has 60 valence electrons. The van der Waals surface area contributed by atoms with Crippen molar-refractivity contribution in [3.63, 3.8) is 0 Å². The Kier molecular flexibility index (Phi) is 2.24. The van der Waals surface area contributed by atoms with E-state index in [1.54, 1.807) is 0 Å². The van der Waals surface area contributed by atoms with Crippen molar-refractivity contribution < 1.29 is 14.3 Å². The van der Waals surface area contributed by atoms with Crippen molar-refractivity contribution in [2.75, 3.05) is 5.73 Å². The van der Waals surface area contributed by atoms with Crippen LogP contribution in [0.2, 0.25) is 0 Å². The third-order valence-corrected chi connectivity index (χ3v) is 2.22. The van der Waals surface area contributed by atoms with Gasteiger partial charge in [-0.05, 0) is 31.9 Å². The zero-order valence-corrected chi connectivity index (χ0v) is 8.27. The second-order valence-corrected chi connectivity index (χ2v) is 3.18. The fraction of sp³-hybridized carbons (Fsp3) is 0. The lowest BCUT2D eigenvalue weighted by atomic mass is 10.3. The number of halogens is 2. The van der Waals surface area contributed by atoms with Crippen molar-refractivity contribution >= 4 is 43.5 Å². The first-order valence-electron chi connectivity index (χ1n) is 2.50. The lowest BCUT2D eigenvalue weighted by molar-refractivity contribution is 0.0696. The zero-order chi connectivity index (χ0) is 8.59. The summed E-state index contributed by atoms with van der Waals surface area (Å²) >= 11 is 5.86. The average molecular weight is 285 g/mol. The molecule has 0 radical (unpaired) electrons. The number of carboxylic acids is 1. The van der Waals surface area contributed by atoms with E-state index in [-0.39, 0.29) is 20.6 Å². The van der Waals surface area contributed by atoms with Gasteiger partial charge in [0.2, 0.25) is 0 Å². The SMILES string of the molecule is Nc1c(Br)oc(Br)c1C(=O)O. The van der Waals surface area contributed by atoms with Crippen molar-refractivity contribution in [3.8, 4) is 0 Å². The molecule has 0 aliphatic rings. The first-order chi connectivity index (χ1) is 5.04. The van der Waals surface area contributed by atoms with E-state index in [0.29, 0.717) is 0 Å². The van der Waals surface area contributed by atoms with Crippen LogP contribution >= 0.6 is 31.9 Å². The van der Waals surface area contributed by atoms with E-state index in [4.69, 9.17) is 15.3 Å². The summed E-state index contributed by atoms with van der Waals surface area (Å²) < 4.78 is 5.18. The van der Waals surface area contributed by atoms with Crippen LogP contribution in [0.5, 0.6) is 0 Å². The number of rotatable bonds is 1. The summed E-state index contributed by atoms with van der Waals surface area (Å²) in [7, 11) is 0. The molecule has 1 rings (SSSR count). The van der Waals surface area contributed by atoms with Gasteiger partial charge in [0.25, 0.3) is 0 Å². The molecule has 0 saturated carbocycles. The first kappa shape index (κ1) is 8.61. The molecule has 1 aromatic heterocycles. The molecule has 0 atom stereocenters. The highest BCUT2D eigenvalue weighted by molar-refractivity contribution is 9.11. The number of hydrogen-bond donors (Lipinski definition) is 2. The van der Waals surface area contributed by atoms with E-state index in [9.17, 15) is 4.79 Å². The topological polar surface area (TPSA) is 76.5 Å². The number of carboxylic acid groups (broad SMARTS) is 1. The molecule has 3 N–H and O–H groups in total. The smallest absolute Gasteiger partial charge is 0.342 e. The molecule has 0 spiro atoms. The van der Waals surface area contributed by atoms with Crippen molar-refractivity contribution in [1.29, 1.82) is 0 Å². The number of hydrogen-bond acceptors (Lipinski definition) is 3. The highest BCUT2D eigenvalue weighted by Crippen LogP contribution is 2.33. The van der Waals surface area contributed by atoms with E-state index in [1.807, 2.05) is 0 Å². The maximum Gasteiger partial charge on any atom is 0.342 e. The van der Waals surface area contributed by atoms with Crippen molar-refractivity contribution in [1.82, 2.24) is 0 Å². The van der Waals surface area contributed by atoms with E-state index in [0.717, 1.165) is 0 Å². The lowest BCUT2D eigenvalue weighted by Crippen LogP contribution is -1.99. The Morgan fingerprint density at radius 1 is 1.45 bits per heavy atom. The molecule has 1 aromatic rings. The summed E-state index contributed by atoms with van der Waals surface area (Å²) in [6.07, 6.45) is 0. The molecule has 0 fully saturated rings. The molecule has 1 heterocycles. The van der Waals surface area contributed by atoms with Crippen LogP contribution in [0.15, 0.2) is 13.8 Å². The molecule has 0 unspecified atom stereocenters. The predicted octanol–water partition coefficient (Wildman–Crippen LogP) is 2.09. The van der Waals surface area contributed by atoms with Gasteiger partial charge in [-0.2, -0.15) is 0 Å². The Hall–Kier alpha value is -0.490. The Bertz CT molecular complexity index is 307. The quantitative estimate of drug-likeness (QED) is 0.828. The summed E-state index contributed by atoms with van der Waals surface area (Å²) in [5.74, 6) is -1.12. The molecule has 0 aliphatic carbocycles. The molecule has 0 amide bonds. The number of aromatic carboxylic acids is 1. The highest BCUT2D eigenvalue weighted by Gasteiger charge is 2.20. The monoisotopic (exact) mass is 283 g/mol. The fourth-order valence-corrected chi connectivity index (χ4v) is 1.71.